The first-order valence-electron chi connectivity index (χ1n) is 3.37. The highest BCUT2D eigenvalue weighted by atomic mass is 79.9. The molecular formula is C7H4BrF2NO3. The standard InChI is InChI=1S/C7H4BrF2NO3/c8-4-3(12)1-2(7(13)14)11-5(4)6(9)10/h1,6H,(H,11,12)(H,13,14). The summed E-state index contributed by atoms with van der Waals surface area (Å²) in [4.78, 5) is 23.4. The van der Waals surface area contributed by atoms with Crippen LogP contribution in [0.4, 0.5) is 8.78 Å². The van der Waals surface area contributed by atoms with Crippen LogP contribution in [0.2, 0.25) is 0 Å². The molecule has 0 saturated heterocycles. The van der Waals surface area contributed by atoms with Crippen molar-refractivity contribution in [1.82, 2.24) is 4.98 Å². The molecule has 0 aromatic carbocycles. The molecule has 1 heterocycles. The first kappa shape index (κ1) is 10.8. The zero-order valence-electron chi connectivity index (χ0n) is 6.55. The molecule has 14 heavy (non-hydrogen) atoms. The Balaban J connectivity index is 3.43. The van der Waals surface area contributed by atoms with Crippen molar-refractivity contribution in [1.29, 1.82) is 0 Å². The van der Waals surface area contributed by atoms with Crippen LogP contribution in [0.25, 0.3) is 0 Å². The minimum Gasteiger partial charge on any atom is -0.477 e. The number of nitrogens with one attached hydrogen (secondary N) is 1. The van der Waals surface area contributed by atoms with Crippen LogP contribution < -0.4 is 5.43 Å². The lowest BCUT2D eigenvalue weighted by molar-refractivity contribution is 0.0688. The summed E-state index contributed by atoms with van der Waals surface area (Å²) in [6.45, 7) is 0. The van der Waals surface area contributed by atoms with E-state index in [1.54, 1.807) is 0 Å². The summed E-state index contributed by atoms with van der Waals surface area (Å²) in [5.41, 5.74) is -2.08. The summed E-state index contributed by atoms with van der Waals surface area (Å²) in [6, 6.07) is 0.734. The molecule has 0 atom stereocenters. The molecule has 7 heteroatoms. The third-order valence-corrected chi connectivity index (χ3v) is 2.26. The maximum Gasteiger partial charge on any atom is 0.352 e. The second-order valence-electron chi connectivity index (χ2n) is 2.38. The number of rotatable bonds is 2. The number of aromatic carboxylic acids is 1. The molecule has 76 valence electrons. The Morgan fingerprint density at radius 2 is 2.14 bits per heavy atom. The van der Waals surface area contributed by atoms with E-state index in [1.807, 2.05) is 4.98 Å². The van der Waals surface area contributed by atoms with Crippen LogP contribution in [0.15, 0.2) is 15.3 Å². The van der Waals surface area contributed by atoms with E-state index in [4.69, 9.17) is 5.11 Å². The van der Waals surface area contributed by atoms with Gasteiger partial charge in [0.05, 0.1) is 4.47 Å². The Morgan fingerprint density at radius 1 is 1.57 bits per heavy atom. The van der Waals surface area contributed by atoms with Gasteiger partial charge in [0.15, 0.2) is 5.43 Å². The largest absolute Gasteiger partial charge is 0.477 e. The van der Waals surface area contributed by atoms with E-state index in [9.17, 15) is 18.4 Å². The molecule has 0 aliphatic rings. The Labute approximate surface area is 84.7 Å². The van der Waals surface area contributed by atoms with Crippen molar-refractivity contribution >= 4 is 21.9 Å². The predicted octanol–water partition coefficient (Wildman–Crippen LogP) is 1.77. The Bertz CT molecular complexity index is 429. The first-order valence-corrected chi connectivity index (χ1v) is 4.17. The van der Waals surface area contributed by atoms with Gasteiger partial charge in [0.1, 0.15) is 11.4 Å². The van der Waals surface area contributed by atoms with Crippen LogP contribution in [0.1, 0.15) is 22.6 Å². The number of aromatic amines is 1. The van der Waals surface area contributed by atoms with Crippen molar-refractivity contribution in [2.24, 2.45) is 0 Å². The fourth-order valence-corrected chi connectivity index (χ4v) is 1.22. The average Bonchev–Trinajstić information content (AvgIpc) is 2.08. The molecule has 0 bridgehead atoms. The number of halogens is 3. The van der Waals surface area contributed by atoms with Crippen LogP contribution in [0.3, 0.4) is 0 Å². The van der Waals surface area contributed by atoms with Crippen molar-refractivity contribution in [3.63, 3.8) is 0 Å². The molecule has 0 amide bonds. The van der Waals surface area contributed by atoms with Gasteiger partial charge < -0.3 is 10.1 Å². The van der Waals surface area contributed by atoms with Gasteiger partial charge in [0.25, 0.3) is 6.43 Å². The van der Waals surface area contributed by atoms with E-state index >= 15 is 0 Å². The number of carboxylic acids is 1. The number of carboxylic acid groups (broad SMARTS) is 1. The third kappa shape index (κ3) is 1.98. The lowest BCUT2D eigenvalue weighted by atomic mass is 10.3. The topological polar surface area (TPSA) is 70.2 Å². The fourth-order valence-electron chi connectivity index (χ4n) is 0.829. The normalized spacial score (nSPS) is 10.6. The number of pyridine rings is 1. The van der Waals surface area contributed by atoms with Crippen LogP contribution in [0, 0.1) is 0 Å². The number of aromatic nitrogens is 1. The predicted molar refractivity (Wildman–Crippen MR) is 46.7 cm³/mol. The monoisotopic (exact) mass is 267 g/mol. The van der Waals surface area contributed by atoms with E-state index in [-0.39, 0.29) is 4.47 Å². The third-order valence-electron chi connectivity index (χ3n) is 1.45. The lowest BCUT2D eigenvalue weighted by Crippen LogP contribution is -2.13. The molecule has 0 radical (unpaired) electrons. The zero-order valence-corrected chi connectivity index (χ0v) is 8.14. The molecule has 1 aromatic rings. The quantitative estimate of drug-likeness (QED) is 0.858. The Kier molecular flexibility index (Phi) is 3.00. The van der Waals surface area contributed by atoms with Crippen LogP contribution in [-0.4, -0.2) is 16.1 Å². The van der Waals surface area contributed by atoms with Gasteiger partial charge in [-0.2, -0.15) is 0 Å². The minimum atomic E-state index is -2.93. The van der Waals surface area contributed by atoms with Gasteiger partial charge in [0.2, 0.25) is 0 Å². The van der Waals surface area contributed by atoms with Gasteiger partial charge in [0, 0.05) is 6.07 Å². The van der Waals surface area contributed by atoms with E-state index in [1.165, 1.54) is 0 Å². The second-order valence-corrected chi connectivity index (χ2v) is 3.17. The van der Waals surface area contributed by atoms with Gasteiger partial charge in [-0.3, -0.25) is 4.79 Å². The number of alkyl halides is 2. The molecule has 2 N–H and O–H groups in total. The van der Waals surface area contributed by atoms with Gasteiger partial charge in [-0.05, 0) is 15.9 Å². The average molecular weight is 268 g/mol. The van der Waals surface area contributed by atoms with Crippen molar-refractivity contribution in [2.45, 2.75) is 6.43 Å². The van der Waals surface area contributed by atoms with E-state index in [0.29, 0.717) is 0 Å². The maximum absolute atomic E-state index is 12.3. The van der Waals surface area contributed by atoms with Gasteiger partial charge in [-0.15, -0.1) is 0 Å². The summed E-state index contributed by atoms with van der Waals surface area (Å²) in [5, 5.41) is 8.48. The Morgan fingerprint density at radius 3 is 2.57 bits per heavy atom. The summed E-state index contributed by atoms with van der Waals surface area (Å²) in [7, 11) is 0. The zero-order chi connectivity index (χ0) is 10.9. The molecule has 0 spiro atoms. The molecule has 1 aromatic heterocycles. The smallest absolute Gasteiger partial charge is 0.352 e. The molecule has 0 saturated carbocycles. The van der Waals surface area contributed by atoms with Crippen molar-refractivity contribution in [3.05, 3.63) is 32.2 Å². The van der Waals surface area contributed by atoms with Crippen LogP contribution >= 0.6 is 15.9 Å². The van der Waals surface area contributed by atoms with Crippen LogP contribution in [-0.2, 0) is 0 Å². The summed E-state index contributed by atoms with van der Waals surface area (Å²) < 4.78 is 24.2. The summed E-state index contributed by atoms with van der Waals surface area (Å²) in [5.74, 6) is -1.46. The highest BCUT2D eigenvalue weighted by molar-refractivity contribution is 9.10. The number of H-pyrrole nitrogens is 1. The number of carbonyl (C=O) groups is 1. The highest BCUT2D eigenvalue weighted by Gasteiger charge is 2.17. The molecule has 0 aliphatic heterocycles. The molecule has 0 fully saturated rings. The minimum absolute atomic E-state index is 0.350. The van der Waals surface area contributed by atoms with Crippen molar-refractivity contribution in [2.75, 3.05) is 0 Å². The molecular weight excluding hydrogens is 264 g/mol. The Hall–Kier alpha value is -1.24. The fraction of sp³-hybridized carbons (Fsp3) is 0.143. The van der Waals surface area contributed by atoms with Gasteiger partial charge in [-0.1, -0.05) is 0 Å². The molecule has 0 unspecified atom stereocenters. The summed E-state index contributed by atoms with van der Waals surface area (Å²) in [6.07, 6.45) is -2.93. The van der Waals surface area contributed by atoms with Crippen molar-refractivity contribution < 1.29 is 18.7 Å². The second kappa shape index (κ2) is 3.87. The molecule has 0 aliphatic carbocycles. The first-order chi connectivity index (χ1) is 6.43. The van der Waals surface area contributed by atoms with Gasteiger partial charge >= 0.3 is 5.97 Å². The molecule has 4 nitrogen and oxygen atoms in total. The van der Waals surface area contributed by atoms with E-state index in [2.05, 4.69) is 15.9 Å². The summed E-state index contributed by atoms with van der Waals surface area (Å²) >= 11 is 2.65. The lowest BCUT2D eigenvalue weighted by Gasteiger charge is -2.03. The maximum atomic E-state index is 12.3. The SMILES string of the molecule is O=C(O)c1cc(=O)c(Br)c(C(F)F)[nH]1. The highest BCUT2D eigenvalue weighted by Crippen LogP contribution is 2.22. The van der Waals surface area contributed by atoms with Crippen molar-refractivity contribution in [3.8, 4) is 0 Å². The number of hydrogen-bond acceptors (Lipinski definition) is 2. The van der Waals surface area contributed by atoms with E-state index in [0.717, 1.165) is 6.07 Å². The van der Waals surface area contributed by atoms with E-state index < -0.39 is 29.2 Å². The van der Waals surface area contributed by atoms with Gasteiger partial charge in [-0.25, -0.2) is 13.6 Å². The number of hydrogen-bond donors (Lipinski definition) is 2. The molecule has 1 rings (SSSR count). The van der Waals surface area contributed by atoms with Crippen LogP contribution in [0.5, 0.6) is 0 Å².